The van der Waals surface area contributed by atoms with Gasteiger partial charge in [-0.15, -0.1) is 0 Å². The van der Waals surface area contributed by atoms with Gasteiger partial charge in [0.05, 0.1) is 12.3 Å². The average Bonchev–Trinajstić information content (AvgIpc) is 2.98. The topological polar surface area (TPSA) is 80.3 Å². The van der Waals surface area contributed by atoms with Gasteiger partial charge in [-0.2, -0.15) is 0 Å². The van der Waals surface area contributed by atoms with E-state index in [2.05, 4.69) is 27.0 Å². The van der Waals surface area contributed by atoms with E-state index in [4.69, 9.17) is 14.5 Å². The molecule has 1 aromatic carbocycles. The summed E-state index contributed by atoms with van der Waals surface area (Å²) in [6.07, 6.45) is 4.85. The van der Waals surface area contributed by atoms with Crippen LogP contribution in [-0.4, -0.2) is 53.3 Å². The van der Waals surface area contributed by atoms with Crippen LogP contribution in [0.4, 0.5) is 0 Å². The van der Waals surface area contributed by atoms with Gasteiger partial charge in [-0.05, 0) is 36.2 Å². The highest BCUT2D eigenvalue weighted by Gasteiger charge is 2.19. The van der Waals surface area contributed by atoms with Crippen LogP contribution in [0.1, 0.15) is 16.8 Å². The molecule has 0 aliphatic carbocycles. The molecule has 156 valence electrons. The molecule has 0 saturated heterocycles. The van der Waals surface area contributed by atoms with E-state index in [1.165, 1.54) is 5.56 Å². The van der Waals surface area contributed by atoms with Crippen molar-refractivity contribution >= 4 is 0 Å². The molecule has 4 rings (SSSR count). The first-order chi connectivity index (χ1) is 14.7. The number of hydrogen-bond donors (Lipinski definition) is 1. The summed E-state index contributed by atoms with van der Waals surface area (Å²) in [5.74, 6) is 1.46. The van der Waals surface area contributed by atoms with Crippen LogP contribution in [0.15, 0.2) is 53.6 Å². The summed E-state index contributed by atoms with van der Waals surface area (Å²) in [4.78, 5) is 26.8. The fourth-order valence-corrected chi connectivity index (χ4v) is 3.69. The fraction of sp³-hybridized carbons (Fsp3) is 0.348. The van der Waals surface area contributed by atoms with Crippen molar-refractivity contribution in [1.82, 2.24) is 19.9 Å². The Morgan fingerprint density at radius 3 is 2.77 bits per heavy atom. The second-order valence-electron chi connectivity index (χ2n) is 7.34. The zero-order chi connectivity index (χ0) is 20.8. The Labute approximate surface area is 175 Å². The van der Waals surface area contributed by atoms with Gasteiger partial charge in [-0.3, -0.25) is 14.7 Å². The number of pyridine rings is 1. The summed E-state index contributed by atoms with van der Waals surface area (Å²) in [7, 11) is 1.66. The van der Waals surface area contributed by atoms with Gasteiger partial charge < -0.3 is 14.5 Å². The van der Waals surface area contributed by atoms with Crippen molar-refractivity contribution in [3.8, 4) is 17.1 Å². The Hall–Kier alpha value is -3.03. The number of rotatable bonds is 7. The normalized spacial score (nSPS) is 14.2. The largest absolute Gasteiger partial charge is 0.491 e. The lowest BCUT2D eigenvalue weighted by Crippen LogP contribution is -2.26. The van der Waals surface area contributed by atoms with E-state index in [9.17, 15) is 4.79 Å². The average molecular weight is 406 g/mol. The third-order valence-corrected chi connectivity index (χ3v) is 5.26. The molecule has 0 amide bonds. The molecule has 3 heterocycles. The molecule has 0 fully saturated rings. The molecular formula is C23H26N4O3. The molecule has 7 nitrogen and oxygen atoms in total. The zero-order valence-corrected chi connectivity index (χ0v) is 17.1. The molecule has 0 saturated carbocycles. The molecule has 1 N–H and O–H groups in total. The van der Waals surface area contributed by atoms with Crippen molar-refractivity contribution in [2.75, 3.05) is 33.4 Å². The third-order valence-electron chi connectivity index (χ3n) is 5.26. The summed E-state index contributed by atoms with van der Waals surface area (Å²) in [5, 5.41) is 0. The summed E-state index contributed by atoms with van der Waals surface area (Å²) in [6, 6.07) is 11.9. The Kier molecular flexibility index (Phi) is 6.51. The maximum absolute atomic E-state index is 12.7. The van der Waals surface area contributed by atoms with Gasteiger partial charge in [-0.25, -0.2) is 4.98 Å². The molecular weight excluding hydrogens is 380 g/mol. The van der Waals surface area contributed by atoms with Gasteiger partial charge in [0, 0.05) is 56.7 Å². The van der Waals surface area contributed by atoms with Crippen LogP contribution in [0.2, 0.25) is 0 Å². The molecule has 30 heavy (non-hydrogen) atoms. The number of nitrogens with zero attached hydrogens (tertiary/aromatic N) is 3. The number of aromatic nitrogens is 3. The maximum Gasteiger partial charge on any atom is 0.254 e. The Morgan fingerprint density at radius 1 is 1.10 bits per heavy atom. The summed E-state index contributed by atoms with van der Waals surface area (Å²) < 4.78 is 10.8. The molecule has 3 aromatic rings. The molecule has 0 radical (unpaired) electrons. The van der Waals surface area contributed by atoms with Crippen LogP contribution in [0.5, 0.6) is 5.75 Å². The van der Waals surface area contributed by atoms with Crippen LogP contribution >= 0.6 is 0 Å². The second kappa shape index (κ2) is 9.65. The minimum Gasteiger partial charge on any atom is -0.491 e. The van der Waals surface area contributed by atoms with Gasteiger partial charge in [0.15, 0.2) is 0 Å². The van der Waals surface area contributed by atoms with Gasteiger partial charge in [0.1, 0.15) is 18.2 Å². The van der Waals surface area contributed by atoms with Gasteiger partial charge >= 0.3 is 0 Å². The van der Waals surface area contributed by atoms with Gasteiger partial charge in [-0.1, -0.05) is 12.1 Å². The molecule has 1 aliphatic heterocycles. The van der Waals surface area contributed by atoms with Crippen LogP contribution in [-0.2, 0) is 24.1 Å². The number of ether oxygens (including phenoxy) is 2. The highest BCUT2D eigenvalue weighted by Crippen LogP contribution is 2.19. The van der Waals surface area contributed by atoms with E-state index in [0.29, 0.717) is 25.5 Å². The highest BCUT2D eigenvalue weighted by molar-refractivity contribution is 5.54. The lowest BCUT2D eigenvalue weighted by molar-refractivity contribution is 0.146. The standard InChI is InChI=1S/C23H26N4O3/c1-29-13-14-30-19-4-2-3-17(15-19)16-27-11-7-20-21(8-12-27)25-22(26-23(20)28)18-5-9-24-10-6-18/h2-6,9-10,15H,7-8,11-14,16H2,1H3,(H,25,26,28). The summed E-state index contributed by atoms with van der Waals surface area (Å²) >= 11 is 0. The number of fused-ring (bicyclic) bond motifs is 1. The molecule has 1 aliphatic rings. The van der Waals surface area contributed by atoms with Crippen molar-refractivity contribution < 1.29 is 9.47 Å². The third kappa shape index (κ3) is 4.93. The Morgan fingerprint density at radius 2 is 1.93 bits per heavy atom. The summed E-state index contributed by atoms with van der Waals surface area (Å²) in [5.41, 5.74) is 3.71. The molecule has 0 unspecified atom stereocenters. The van der Waals surface area contributed by atoms with E-state index in [1.807, 2.05) is 24.3 Å². The van der Waals surface area contributed by atoms with Crippen LogP contribution in [0.25, 0.3) is 11.4 Å². The SMILES string of the molecule is COCCOc1cccc(CN2CCc3nc(-c4ccncc4)[nH]c(=O)c3CC2)c1. The van der Waals surface area contributed by atoms with Crippen molar-refractivity contribution in [1.29, 1.82) is 0 Å². The van der Waals surface area contributed by atoms with Gasteiger partial charge in [0.25, 0.3) is 5.56 Å². The fourth-order valence-electron chi connectivity index (χ4n) is 3.69. The minimum absolute atomic E-state index is 0.0396. The van der Waals surface area contributed by atoms with E-state index < -0.39 is 0 Å². The van der Waals surface area contributed by atoms with Crippen molar-refractivity contribution in [3.05, 3.63) is 76.0 Å². The first-order valence-corrected chi connectivity index (χ1v) is 10.2. The highest BCUT2D eigenvalue weighted by atomic mass is 16.5. The monoisotopic (exact) mass is 406 g/mol. The number of H-pyrrole nitrogens is 1. The van der Waals surface area contributed by atoms with Crippen molar-refractivity contribution in [2.24, 2.45) is 0 Å². The van der Waals surface area contributed by atoms with Crippen molar-refractivity contribution in [3.63, 3.8) is 0 Å². The maximum atomic E-state index is 12.7. The Bertz CT molecular complexity index is 1040. The van der Waals surface area contributed by atoms with E-state index >= 15 is 0 Å². The lowest BCUT2D eigenvalue weighted by Gasteiger charge is -2.20. The smallest absolute Gasteiger partial charge is 0.254 e. The predicted octanol–water partition coefficient (Wildman–Crippen LogP) is 2.46. The van der Waals surface area contributed by atoms with Crippen LogP contribution in [0, 0.1) is 0 Å². The molecule has 0 bridgehead atoms. The molecule has 0 atom stereocenters. The van der Waals surface area contributed by atoms with Gasteiger partial charge in [0.2, 0.25) is 0 Å². The number of hydrogen-bond acceptors (Lipinski definition) is 6. The number of nitrogens with one attached hydrogen (secondary N) is 1. The summed E-state index contributed by atoms with van der Waals surface area (Å²) in [6.45, 7) is 3.59. The van der Waals surface area contributed by atoms with Crippen molar-refractivity contribution in [2.45, 2.75) is 19.4 Å². The quantitative estimate of drug-likeness (QED) is 0.607. The second-order valence-corrected chi connectivity index (χ2v) is 7.34. The number of benzene rings is 1. The number of aromatic amines is 1. The predicted molar refractivity (Wildman–Crippen MR) is 115 cm³/mol. The lowest BCUT2D eigenvalue weighted by atomic mass is 10.1. The number of methoxy groups -OCH3 is 1. The first kappa shape index (κ1) is 20.3. The Balaban J connectivity index is 1.45. The van der Waals surface area contributed by atoms with E-state index in [0.717, 1.165) is 48.6 Å². The molecule has 7 heteroatoms. The molecule has 2 aromatic heterocycles. The zero-order valence-electron chi connectivity index (χ0n) is 17.1. The first-order valence-electron chi connectivity index (χ1n) is 10.2. The minimum atomic E-state index is -0.0396. The van der Waals surface area contributed by atoms with Crippen LogP contribution in [0.3, 0.4) is 0 Å². The van der Waals surface area contributed by atoms with Crippen LogP contribution < -0.4 is 10.3 Å². The van der Waals surface area contributed by atoms with E-state index in [-0.39, 0.29) is 5.56 Å². The van der Waals surface area contributed by atoms with E-state index in [1.54, 1.807) is 19.5 Å². The molecule has 0 spiro atoms.